The molecule has 0 radical (unpaired) electrons. The van der Waals surface area contributed by atoms with Crippen LogP contribution in [0.3, 0.4) is 0 Å². The molecule has 0 saturated carbocycles. The second-order valence-corrected chi connectivity index (χ2v) is 2.80. The van der Waals surface area contributed by atoms with E-state index in [2.05, 4.69) is 0 Å². The van der Waals surface area contributed by atoms with Gasteiger partial charge in [-0.15, -0.1) is 0 Å². The molecule has 1 aromatic rings. The van der Waals surface area contributed by atoms with Crippen LogP contribution in [0.5, 0.6) is 5.75 Å². The number of hydrogen-bond donors (Lipinski definition) is 1. The number of ketones is 1. The van der Waals surface area contributed by atoms with E-state index in [0.717, 1.165) is 0 Å². The Kier molecular flexibility index (Phi) is 3.03. The van der Waals surface area contributed by atoms with Gasteiger partial charge in [-0.2, -0.15) is 0 Å². The predicted molar refractivity (Wildman–Crippen MR) is 48.8 cm³/mol. The van der Waals surface area contributed by atoms with Crippen molar-refractivity contribution in [1.82, 2.24) is 0 Å². The number of benzene rings is 1. The van der Waals surface area contributed by atoms with Crippen molar-refractivity contribution < 1.29 is 14.6 Å². The molecule has 0 aliphatic carbocycles. The van der Waals surface area contributed by atoms with Crippen LogP contribution in [-0.4, -0.2) is 18.0 Å². The summed E-state index contributed by atoms with van der Waals surface area (Å²) < 4.78 is 4.87. The smallest absolute Gasteiger partial charge is 0.163 e. The van der Waals surface area contributed by atoms with E-state index in [9.17, 15) is 9.90 Å². The Labute approximate surface area is 77.0 Å². The highest BCUT2D eigenvalue weighted by Gasteiger charge is 2.09. The third-order valence-corrected chi connectivity index (χ3v) is 1.80. The van der Waals surface area contributed by atoms with Crippen LogP contribution < -0.4 is 0 Å². The van der Waals surface area contributed by atoms with Gasteiger partial charge >= 0.3 is 0 Å². The fourth-order valence-electron chi connectivity index (χ4n) is 1.15. The molecular formula is C10H12O3. The first-order valence-electron chi connectivity index (χ1n) is 3.97. The van der Waals surface area contributed by atoms with Gasteiger partial charge < -0.3 is 9.84 Å². The van der Waals surface area contributed by atoms with Gasteiger partial charge in [0.25, 0.3) is 0 Å². The molecule has 3 heteroatoms. The van der Waals surface area contributed by atoms with Crippen LogP contribution in [0.4, 0.5) is 0 Å². The van der Waals surface area contributed by atoms with Gasteiger partial charge in [0.2, 0.25) is 0 Å². The van der Waals surface area contributed by atoms with Crippen LogP contribution >= 0.6 is 0 Å². The number of methoxy groups -OCH3 is 1. The zero-order chi connectivity index (χ0) is 9.84. The number of carbonyl (C=O) groups excluding carboxylic acids is 1. The molecule has 0 unspecified atom stereocenters. The molecular weight excluding hydrogens is 168 g/mol. The molecule has 0 atom stereocenters. The first kappa shape index (κ1) is 9.74. The number of carbonyl (C=O) groups is 1. The largest absolute Gasteiger partial charge is 0.507 e. The zero-order valence-electron chi connectivity index (χ0n) is 7.70. The Balaban J connectivity index is 3.10. The van der Waals surface area contributed by atoms with Gasteiger partial charge in [-0.3, -0.25) is 4.79 Å². The van der Waals surface area contributed by atoms with Crippen LogP contribution in [0.25, 0.3) is 0 Å². The average molecular weight is 180 g/mol. The minimum absolute atomic E-state index is 0.0249. The maximum absolute atomic E-state index is 11.0. The lowest BCUT2D eigenvalue weighted by atomic mass is 10.1. The summed E-state index contributed by atoms with van der Waals surface area (Å²) in [6.07, 6.45) is 0. The van der Waals surface area contributed by atoms with Gasteiger partial charge in [-0.25, -0.2) is 0 Å². The fraction of sp³-hybridized carbons (Fsp3) is 0.300. The third kappa shape index (κ3) is 2.06. The van der Waals surface area contributed by atoms with E-state index in [4.69, 9.17) is 4.74 Å². The quantitative estimate of drug-likeness (QED) is 0.721. The first-order valence-corrected chi connectivity index (χ1v) is 3.97. The normalized spacial score (nSPS) is 10.0. The Morgan fingerprint density at radius 3 is 2.77 bits per heavy atom. The summed E-state index contributed by atoms with van der Waals surface area (Å²) in [4.78, 5) is 11.0. The van der Waals surface area contributed by atoms with Crippen molar-refractivity contribution in [3.8, 4) is 5.75 Å². The van der Waals surface area contributed by atoms with E-state index < -0.39 is 0 Å². The van der Waals surface area contributed by atoms with Gasteiger partial charge in [0, 0.05) is 12.7 Å². The van der Waals surface area contributed by atoms with E-state index in [1.807, 2.05) is 0 Å². The summed E-state index contributed by atoms with van der Waals surface area (Å²) in [6, 6.07) is 5.05. The van der Waals surface area contributed by atoms with Crippen molar-refractivity contribution in [2.45, 2.75) is 13.5 Å². The second-order valence-electron chi connectivity index (χ2n) is 2.80. The van der Waals surface area contributed by atoms with Crippen molar-refractivity contribution >= 4 is 5.78 Å². The lowest BCUT2D eigenvalue weighted by Crippen LogP contribution is -1.96. The molecule has 70 valence electrons. The van der Waals surface area contributed by atoms with E-state index in [1.54, 1.807) is 25.3 Å². The van der Waals surface area contributed by atoms with E-state index >= 15 is 0 Å². The van der Waals surface area contributed by atoms with Crippen LogP contribution in [0, 0.1) is 0 Å². The summed E-state index contributed by atoms with van der Waals surface area (Å²) >= 11 is 0. The lowest BCUT2D eigenvalue weighted by molar-refractivity contribution is 0.101. The van der Waals surface area contributed by atoms with E-state index in [-0.39, 0.29) is 11.5 Å². The number of Topliss-reactive ketones (excluding diaryl/α,β-unsaturated/α-hetero) is 1. The van der Waals surface area contributed by atoms with Crippen LogP contribution in [0.2, 0.25) is 0 Å². The molecule has 0 spiro atoms. The fourth-order valence-corrected chi connectivity index (χ4v) is 1.15. The predicted octanol–water partition coefficient (Wildman–Crippen LogP) is 1.74. The van der Waals surface area contributed by atoms with Crippen molar-refractivity contribution in [3.05, 3.63) is 29.3 Å². The Morgan fingerprint density at radius 2 is 2.23 bits per heavy atom. The Bertz CT molecular complexity index is 318. The van der Waals surface area contributed by atoms with Gasteiger partial charge in [0.15, 0.2) is 5.78 Å². The second kappa shape index (κ2) is 4.05. The maximum Gasteiger partial charge on any atom is 0.163 e. The van der Waals surface area contributed by atoms with Gasteiger partial charge in [-0.05, 0) is 13.0 Å². The summed E-state index contributed by atoms with van der Waals surface area (Å²) in [5.41, 5.74) is 0.977. The molecule has 1 aromatic carbocycles. The van der Waals surface area contributed by atoms with Crippen molar-refractivity contribution in [2.24, 2.45) is 0 Å². The molecule has 1 rings (SSSR count). The van der Waals surface area contributed by atoms with Crippen molar-refractivity contribution in [2.75, 3.05) is 7.11 Å². The summed E-state index contributed by atoms with van der Waals surface area (Å²) in [6.45, 7) is 1.73. The Morgan fingerprint density at radius 1 is 1.54 bits per heavy atom. The SMILES string of the molecule is COCc1cccc(C(C)=O)c1O. The molecule has 13 heavy (non-hydrogen) atoms. The van der Waals surface area contributed by atoms with E-state index in [1.165, 1.54) is 6.92 Å². The number of para-hydroxylation sites is 1. The number of phenolic OH excluding ortho intramolecular Hbond substituents is 1. The number of hydrogen-bond acceptors (Lipinski definition) is 3. The van der Waals surface area contributed by atoms with Crippen molar-refractivity contribution in [1.29, 1.82) is 0 Å². The number of ether oxygens (including phenoxy) is 1. The van der Waals surface area contributed by atoms with E-state index in [0.29, 0.717) is 17.7 Å². The molecule has 0 fully saturated rings. The third-order valence-electron chi connectivity index (χ3n) is 1.80. The first-order chi connectivity index (χ1) is 6.16. The van der Waals surface area contributed by atoms with Crippen LogP contribution in [0.1, 0.15) is 22.8 Å². The molecule has 1 N–H and O–H groups in total. The highest BCUT2D eigenvalue weighted by atomic mass is 16.5. The molecule has 0 aromatic heterocycles. The minimum Gasteiger partial charge on any atom is -0.507 e. The molecule has 0 amide bonds. The number of rotatable bonds is 3. The van der Waals surface area contributed by atoms with Crippen LogP contribution in [-0.2, 0) is 11.3 Å². The minimum atomic E-state index is -0.143. The highest BCUT2D eigenvalue weighted by molar-refractivity contribution is 5.97. The monoisotopic (exact) mass is 180 g/mol. The van der Waals surface area contributed by atoms with Crippen molar-refractivity contribution in [3.63, 3.8) is 0 Å². The van der Waals surface area contributed by atoms with Crippen LogP contribution in [0.15, 0.2) is 18.2 Å². The number of phenols is 1. The van der Waals surface area contributed by atoms with Gasteiger partial charge in [0.1, 0.15) is 5.75 Å². The highest BCUT2D eigenvalue weighted by Crippen LogP contribution is 2.23. The topological polar surface area (TPSA) is 46.5 Å². The van der Waals surface area contributed by atoms with Gasteiger partial charge in [0.05, 0.1) is 12.2 Å². The summed E-state index contributed by atoms with van der Waals surface area (Å²) in [5, 5.41) is 9.59. The molecule has 0 aliphatic heterocycles. The summed E-state index contributed by atoms with van der Waals surface area (Å²) in [5.74, 6) is -0.118. The molecule has 0 heterocycles. The lowest BCUT2D eigenvalue weighted by Gasteiger charge is -2.06. The van der Waals surface area contributed by atoms with Gasteiger partial charge in [-0.1, -0.05) is 12.1 Å². The Hall–Kier alpha value is -1.35. The standard InChI is InChI=1S/C10H12O3/c1-7(11)9-5-3-4-8(6-13-2)10(9)12/h3-5,12H,6H2,1-2H3. The molecule has 0 bridgehead atoms. The molecule has 0 saturated heterocycles. The maximum atomic E-state index is 11.0. The number of aromatic hydroxyl groups is 1. The zero-order valence-corrected chi connectivity index (χ0v) is 7.70. The average Bonchev–Trinajstić information content (AvgIpc) is 2.08. The molecule has 0 aliphatic rings. The summed E-state index contributed by atoms with van der Waals surface area (Å²) in [7, 11) is 1.54. The molecule has 3 nitrogen and oxygen atoms in total.